The van der Waals surface area contributed by atoms with Crippen LogP contribution < -0.4 is 10.5 Å². The molecule has 2 aromatic heterocycles. The van der Waals surface area contributed by atoms with Gasteiger partial charge in [0.05, 0.1) is 11.4 Å². The molecule has 1 aromatic carbocycles. The van der Waals surface area contributed by atoms with E-state index in [1.54, 1.807) is 16.9 Å². The Morgan fingerprint density at radius 3 is 2.47 bits per heavy atom. The molecule has 0 saturated carbocycles. The number of aromatic nitrogens is 3. The van der Waals surface area contributed by atoms with Gasteiger partial charge in [0.25, 0.3) is 5.91 Å². The zero-order valence-electron chi connectivity index (χ0n) is 17.0. The van der Waals surface area contributed by atoms with Crippen LogP contribution in [0.15, 0.2) is 59.0 Å². The first kappa shape index (κ1) is 18.6. The number of hydrogen-bond donors (Lipinski definition) is 1. The molecule has 30 heavy (non-hydrogen) atoms. The largest absolute Gasteiger partial charge is 0.368 e. The number of aromatic amines is 1. The number of rotatable bonds is 3. The van der Waals surface area contributed by atoms with Crippen molar-refractivity contribution in [1.29, 1.82) is 0 Å². The van der Waals surface area contributed by atoms with Crippen LogP contribution in [0, 0.1) is 0 Å². The Morgan fingerprint density at radius 2 is 1.73 bits per heavy atom. The SMILES string of the molecule is CC1=C(c2cc[nH]c(=O)c2)C(=O)n2nc(-c3ccccc3)c(N3CCCCC3)c2C1. The zero-order chi connectivity index (χ0) is 20.7. The molecule has 1 N–H and O–H groups in total. The van der Waals surface area contributed by atoms with E-state index >= 15 is 0 Å². The Kier molecular flexibility index (Phi) is 4.62. The van der Waals surface area contributed by atoms with Crippen molar-refractivity contribution in [1.82, 2.24) is 14.8 Å². The minimum Gasteiger partial charge on any atom is -0.368 e. The Hall–Kier alpha value is -3.41. The molecule has 2 aliphatic heterocycles. The van der Waals surface area contributed by atoms with Gasteiger partial charge in [-0.25, -0.2) is 0 Å². The minimum atomic E-state index is -0.217. The standard InChI is InChI=1S/C24H24N4O2/c1-16-14-19-23(27-12-6-3-7-13-27)22(17-8-4-2-5-9-17)26-28(19)24(30)21(16)18-10-11-25-20(29)15-18/h2,4-5,8-11,15H,3,6-7,12-14H2,1H3,(H,25,29). The maximum atomic E-state index is 13.5. The Bertz CT molecular complexity index is 1200. The van der Waals surface area contributed by atoms with Crippen molar-refractivity contribution < 1.29 is 4.79 Å². The van der Waals surface area contributed by atoms with E-state index in [1.165, 1.54) is 12.5 Å². The van der Waals surface area contributed by atoms with Gasteiger partial charge in [0, 0.05) is 42.9 Å². The number of H-pyrrole nitrogens is 1. The second-order valence-corrected chi connectivity index (χ2v) is 8.05. The molecule has 6 nitrogen and oxygen atoms in total. The van der Waals surface area contributed by atoms with Crippen LogP contribution in [0.2, 0.25) is 0 Å². The predicted octanol–water partition coefficient (Wildman–Crippen LogP) is 3.90. The van der Waals surface area contributed by atoms with Crippen LogP contribution in [0.3, 0.4) is 0 Å². The van der Waals surface area contributed by atoms with Crippen molar-refractivity contribution >= 4 is 17.2 Å². The molecule has 0 bridgehead atoms. The number of benzene rings is 1. The smallest absolute Gasteiger partial charge is 0.279 e. The first-order valence-corrected chi connectivity index (χ1v) is 10.5. The van der Waals surface area contributed by atoms with Crippen LogP contribution in [0.5, 0.6) is 0 Å². The average Bonchev–Trinajstić information content (AvgIpc) is 3.15. The van der Waals surface area contributed by atoms with Crippen LogP contribution in [-0.2, 0) is 6.42 Å². The minimum absolute atomic E-state index is 0.167. The van der Waals surface area contributed by atoms with Gasteiger partial charge in [-0.15, -0.1) is 0 Å². The second kappa shape index (κ2) is 7.44. The van der Waals surface area contributed by atoms with E-state index in [-0.39, 0.29) is 11.5 Å². The van der Waals surface area contributed by atoms with Crippen LogP contribution in [0.25, 0.3) is 16.8 Å². The number of nitrogens with zero attached hydrogens (tertiary/aromatic N) is 3. The average molecular weight is 400 g/mol. The number of anilines is 1. The third-order valence-corrected chi connectivity index (χ3v) is 6.00. The van der Waals surface area contributed by atoms with E-state index in [4.69, 9.17) is 5.10 Å². The normalized spacial score (nSPS) is 16.7. The number of carbonyl (C=O) groups excluding carboxylic acids is 1. The summed E-state index contributed by atoms with van der Waals surface area (Å²) in [5, 5.41) is 4.82. The molecular weight excluding hydrogens is 376 g/mol. The van der Waals surface area contributed by atoms with E-state index in [1.807, 2.05) is 37.3 Å². The van der Waals surface area contributed by atoms with Gasteiger partial charge >= 0.3 is 0 Å². The number of nitrogens with one attached hydrogen (secondary N) is 1. The number of carbonyl (C=O) groups is 1. The van der Waals surface area contributed by atoms with Crippen molar-refractivity contribution in [2.75, 3.05) is 18.0 Å². The first-order chi connectivity index (χ1) is 14.6. The summed E-state index contributed by atoms with van der Waals surface area (Å²) in [6.45, 7) is 3.94. The molecule has 0 aliphatic carbocycles. The van der Waals surface area contributed by atoms with E-state index in [0.717, 1.165) is 54.1 Å². The molecule has 4 heterocycles. The second-order valence-electron chi connectivity index (χ2n) is 8.05. The van der Waals surface area contributed by atoms with Gasteiger partial charge in [-0.05, 0) is 37.8 Å². The van der Waals surface area contributed by atoms with Gasteiger partial charge in [-0.2, -0.15) is 9.78 Å². The van der Waals surface area contributed by atoms with Crippen molar-refractivity contribution in [3.8, 4) is 11.3 Å². The molecule has 5 rings (SSSR count). The zero-order valence-corrected chi connectivity index (χ0v) is 17.0. The van der Waals surface area contributed by atoms with Gasteiger partial charge in [0.15, 0.2) is 0 Å². The molecule has 3 aromatic rings. The molecule has 1 fully saturated rings. The number of pyridine rings is 1. The highest BCUT2D eigenvalue weighted by Gasteiger charge is 2.33. The third kappa shape index (κ3) is 3.09. The molecule has 1 saturated heterocycles. The van der Waals surface area contributed by atoms with Crippen LogP contribution in [0.4, 0.5) is 5.69 Å². The summed E-state index contributed by atoms with van der Waals surface area (Å²) in [4.78, 5) is 30.4. The van der Waals surface area contributed by atoms with Crippen LogP contribution in [0.1, 0.15) is 42.2 Å². The van der Waals surface area contributed by atoms with Gasteiger partial charge in [-0.3, -0.25) is 9.59 Å². The lowest BCUT2D eigenvalue weighted by atomic mass is 9.93. The Labute approximate surface area is 174 Å². The van der Waals surface area contributed by atoms with Crippen molar-refractivity contribution in [2.45, 2.75) is 32.6 Å². The fourth-order valence-electron chi connectivity index (χ4n) is 4.61. The molecule has 6 heteroatoms. The van der Waals surface area contributed by atoms with Crippen molar-refractivity contribution in [3.63, 3.8) is 0 Å². The fourth-order valence-corrected chi connectivity index (χ4v) is 4.61. The molecule has 152 valence electrons. The number of hydrogen-bond acceptors (Lipinski definition) is 4. The number of piperidine rings is 1. The van der Waals surface area contributed by atoms with E-state index in [9.17, 15) is 9.59 Å². The summed E-state index contributed by atoms with van der Waals surface area (Å²) in [5.74, 6) is -0.167. The molecule has 0 atom stereocenters. The highest BCUT2D eigenvalue weighted by molar-refractivity contribution is 6.22. The lowest BCUT2D eigenvalue weighted by Gasteiger charge is -2.30. The molecule has 2 aliphatic rings. The van der Waals surface area contributed by atoms with Gasteiger partial charge < -0.3 is 9.88 Å². The van der Waals surface area contributed by atoms with E-state index in [2.05, 4.69) is 9.88 Å². The summed E-state index contributed by atoms with van der Waals surface area (Å²) >= 11 is 0. The van der Waals surface area contributed by atoms with E-state index < -0.39 is 0 Å². The summed E-state index contributed by atoms with van der Waals surface area (Å²) in [6.07, 6.45) is 5.77. The summed E-state index contributed by atoms with van der Waals surface area (Å²) in [6, 6.07) is 13.3. The summed E-state index contributed by atoms with van der Waals surface area (Å²) in [5.41, 5.74) is 5.88. The highest BCUT2D eigenvalue weighted by Crippen LogP contribution is 2.40. The number of fused-ring (bicyclic) bond motifs is 1. The lowest BCUT2D eigenvalue weighted by Crippen LogP contribution is -2.31. The molecular formula is C24H24N4O2. The quantitative estimate of drug-likeness (QED) is 0.724. The molecule has 0 unspecified atom stereocenters. The Morgan fingerprint density at radius 1 is 0.967 bits per heavy atom. The topological polar surface area (TPSA) is 71.0 Å². The fraction of sp³-hybridized carbons (Fsp3) is 0.292. The van der Waals surface area contributed by atoms with Gasteiger partial charge in [-0.1, -0.05) is 35.9 Å². The number of allylic oxidation sites excluding steroid dienone is 2. The van der Waals surface area contributed by atoms with Crippen LogP contribution in [-0.4, -0.2) is 33.8 Å². The predicted molar refractivity (Wildman–Crippen MR) is 118 cm³/mol. The monoisotopic (exact) mass is 400 g/mol. The summed E-state index contributed by atoms with van der Waals surface area (Å²) < 4.78 is 1.57. The summed E-state index contributed by atoms with van der Waals surface area (Å²) in [7, 11) is 0. The third-order valence-electron chi connectivity index (χ3n) is 6.00. The molecule has 0 spiro atoms. The maximum Gasteiger partial charge on any atom is 0.279 e. The Balaban J connectivity index is 1.67. The lowest BCUT2D eigenvalue weighted by molar-refractivity contribution is 0.0958. The maximum absolute atomic E-state index is 13.5. The molecule has 0 radical (unpaired) electrons. The molecule has 0 amide bonds. The van der Waals surface area contributed by atoms with Gasteiger partial charge in [0.2, 0.25) is 5.56 Å². The first-order valence-electron chi connectivity index (χ1n) is 10.5. The van der Waals surface area contributed by atoms with E-state index in [0.29, 0.717) is 17.6 Å². The van der Waals surface area contributed by atoms with Crippen molar-refractivity contribution in [3.05, 3.63) is 75.8 Å². The van der Waals surface area contributed by atoms with Gasteiger partial charge in [0.1, 0.15) is 5.69 Å². The van der Waals surface area contributed by atoms with Crippen LogP contribution >= 0.6 is 0 Å². The van der Waals surface area contributed by atoms with Crippen molar-refractivity contribution in [2.24, 2.45) is 0 Å². The highest BCUT2D eigenvalue weighted by atomic mass is 16.2.